The van der Waals surface area contributed by atoms with Gasteiger partial charge in [-0.3, -0.25) is 4.39 Å². The van der Waals surface area contributed by atoms with E-state index >= 15 is 0 Å². The highest BCUT2D eigenvalue weighted by Crippen LogP contribution is 2.41. The van der Waals surface area contributed by atoms with E-state index in [1.165, 1.54) is 12.1 Å². The minimum absolute atomic E-state index is 0.246. The minimum atomic E-state index is -2.75. The molecule has 0 amide bonds. The van der Waals surface area contributed by atoms with Gasteiger partial charge in [-0.05, 0) is 17.2 Å². The minimum Gasteiger partial charge on any atom is -0.492 e. The van der Waals surface area contributed by atoms with Crippen LogP contribution in [0.15, 0.2) is 30.3 Å². The van der Waals surface area contributed by atoms with E-state index in [2.05, 4.69) is 6.07 Å². The van der Waals surface area contributed by atoms with Crippen LogP contribution < -0.4 is 10.5 Å². The largest absolute Gasteiger partial charge is 0.492 e. The molecule has 1 aliphatic rings. The Morgan fingerprint density at radius 3 is 2.54 bits per heavy atom. The van der Waals surface area contributed by atoms with Crippen molar-refractivity contribution in [1.82, 2.24) is 0 Å². The second-order valence-corrected chi connectivity index (χ2v) is 5.62. The van der Waals surface area contributed by atoms with Crippen LogP contribution in [0.2, 0.25) is 0 Å². The highest BCUT2D eigenvalue weighted by molar-refractivity contribution is 5.80. The molecule has 6 heteroatoms. The van der Waals surface area contributed by atoms with E-state index in [9.17, 15) is 18.4 Å². The molecular weight excluding hydrogens is 317 g/mol. The number of nitrogens with two attached hydrogens (primary N) is 1. The van der Waals surface area contributed by atoms with Crippen LogP contribution >= 0.6 is 0 Å². The molecule has 0 spiro atoms. The van der Waals surface area contributed by atoms with Gasteiger partial charge in [-0.2, -0.15) is 5.26 Å². The molecule has 0 saturated heterocycles. The van der Waals surface area contributed by atoms with E-state index in [1.807, 2.05) is 0 Å². The monoisotopic (exact) mass is 332 g/mol. The molecule has 2 aromatic rings. The van der Waals surface area contributed by atoms with Crippen molar-refractivity contribution in [2.45, 2.75) is 18.8 Å². The van der Waals surface area contributed by atoms with Crippen molar-refractivity contribution in [3.05, 3.63) is 47.0 Å². The van der Waals surface area contributed by atoms with Gasteiger partial charge in [0.05, 0.1) is 23.8 Å². The first-order valence-corrected chi connectivity index (χ1v) is 7.49. The SMILES string of the molecule is N#Cc1c(N)cc(-c2ccc(C(CF)C(F)F)cc2)c2c1CCO2. The molecule has 0 fully saturated rings. The van der Waals surface area contributed by atoms with Gasteiger partial charge < -0.3 is 10.5 Å². The third kappa shape index (κ3) is 2.67. The number of benzene rings is 2. The van der Waals surface area contributed by atoms with Crippen molar-refractivity contribution in [3.8, 4) is 22.9 Å². The molecule has 1 atom stereocenters. The Kier molecular flexibility index (Phi) is 4.34. The highest BCUT2D eigenvalue weighted by Gasteiger charge is 2.25. The number of nitrogens with zero attached hydrogens (tertiary/aromatic N) is 1. The van der Waals surface area contributed by atoms with Crippen LogP contribution in [0, 0.1) is 11.3 Å². The summed E-state index contributed by atoms with van der Waals surface area (Å²) >= 11 is 0. The number of halogens is 3. The van der Waals surface area contributed by atoms with Crippen LogP contribution in [0.1, 0.15) is 22.6 Å². The lowest BCUT2D eigenvalue weighted by Crippen LogP contribution is -2.11. The lowest BCUT2D eigenvalue weighted by molar-refractivity contribution is 0.101. The van der Waals surface area contributed by atoms with E-state index < -0.39 is 19.0 Å². The van der Waals surface area contributed by atoms with Gasteiger partial charge in [0.25, 0.3) is 0 Å². The van der Waals surface area contributed by atoms with E-state index in [1.54, 1.807) is 18.2 Å². The lowest BCUT2D eigenvalue weighted by atomic mass is 9.93. The van der Waals surface area contributed by atoms with E-state index in [0.717, 1.165) is 11.1 Å². The third-order valence-electron chi connectivity index (χ3n) is 4.24. The van der Waals surface area contributed by atoms with Gasteiger partial charge in [-0.15, -0.1) is 0 Å². The summed E-state index contributed by atoms with van der Waals surface area (Å²) in [6.45, 7) is -0.646. The molecule has 2 N–H and O–H groups in total. The Hall–Kier alpha value is -2.68. The van der Waals surface area contributed by atoms with E-state index in [4.69, 9.17) is 10.5 Å². The standard InChI is InChI=1S/C18H15F3N2O/c19-8-14(18(20)21)11-3-1-10(2-4-11)13-7-16(23)15(9-22)12-5-6-24-17(12)13/h1-4,7,14,18H,5-6,8,23H2. The zero-order chi connectivity index (χ0) is 17.3. The van der Waals surface area contributed by atoms with Crippen LogP contribution in [0.4, 0.5) is 18.9 Å². The van der Waals surface area contributed by atoms with Crippen LogP contribution in [0.5, 0.6) is 5.75 Å². The molecule has 3 rings (SSSR count). The molecular formula is C18H15F3N2O. The van der Waals surface area contributed by atoms with Gasteiger partial charge in [-0.1, -0.05) is 24.3 Å². The first kappa shape index (κ1) is 16.2. The third-order valence-corrected chi connectivity index (χ3v) is 4.24. The molecule has 0 bridgehead atoms. The Balaban J connectivity index is 2.04. The average Bonchev–Trinajstić information content (AvgIpc) is 3.04. The van der Waals surface area contributed by atoms with Crippen LogP contribution in [-0.4, -0.2) is 19.7 Å². The lowest BCUT2D eigenvalue weighted by Gasteiger charge is -2.15. The fourth-order valence-corrected chi connectivity index (χ4v) is 2.96. The predicted octanol–water partition coefficient (Wildman–Crippen LogP) is 4.06. The first-order chi connectivity index (χ1) is 11.6. The molecule has 0 aliphatic carbocycles. The maximum atomic E-state index is 12.8. The molecule has 0 radical (unpaired) electrons. The molecule has 3 nitrogen and oxygen atoms in total. The van der Waals surface area contributed by atoms with Gasteiger partial charge in [0.1, 0.15) is 18.5 Å². The summed E-state index contributed by atoms with van der Waals surface area (Å²) in [5.41, 5.74) is 9.17. The van der Waals surface area contributed by atoms with Crippen molar-refractivity contribution >= 4 is 5.69 Å². The number of rotatable bonds is 4. The van der Waals surface area contributed by atoms with Crippen molar-refractivity contribution in [1.29, 1.82) is 5.26 Å². The van der Waals surface area contributed by atoms with E-state index in [-0.39, 0.29) is 5.56 Å². The van der Waals surface area contributed by atoms with Crippen LogP contribution in [-0.2, 0) is 6.42 Å². The number of anilines is 1. The molecule has 0 aromatic heterocycles. The topological polar surface area (TPSA) is 59.0 Å². The number of alkyl halides is 3. The van der Waals surface area contributed by atoms with Crippen LogP contribution in [0.3, 0.4) is 0 Å². The maximum absolute atomic E-state index is 12.8. The maximum Gasteiger partial charge on any atom is 0.247 e. The van der Waals surface area contributed by atoms with Crippen molar-refractivity contribution < 1.29 is 17.9 Å². The van der Waals surface area contributed by atoms with Gasteiger partial charge in [0.2, 0.25) is 6.43 Å². The fourth-order valence-electron chi connectivity index (χ4n) is 2.96. The second-order valence-electron chi connectivity index (χ2n) is 5.62. The molecule has 1 unspecified atom stereocenters. The van der Waals surface area contributed by atoms with Crippen LogP contribution in [0.25, 0.3) is 11.1 Å². The summed E-state index contributed by atoms with van der Waals surface area (Å²) in [4.78, 5) is 0. The number of hydrogen-bond acceptors (Lipinski definition) is 3. The van der Waals surface area contributed by atoms with Gasteiger partial charge in [0.15, 0.2) is 0 Å². The first-order valence-electron chi connectivity index (χ1n) is 7.49. The summed E-state index contributed by atoms with van der Waals surface area (Å²) in [6.07, 6.45) is -2.15. The summed E-state index contributed by atoms with van der Waals surface area (Å²) in [5.74, 6) is -0.823. The van der Waals surface area contributed by atoms with Gasteiger partial charge in [0, 0.05) is 17.5 Å². The Morgan fingerprint density at radius 2 is 1.96 bits per heavy atom. The number of nitriles is 1. The normalized spacial score (nSPS) is 14.1. The van der Waals surface area contributed by atoms with Crippen molar-refractivity contribution in [2.75, 3.05) is 19.0 Å². The van der Waals surface area contributed by atoms with Gasteiger partial charge >= 0.3 is 0 Å². The molecule has 1 heterocycles. The Morgan fingerprint density at radius 1 is 1.25 bits per heavy atom. The zero-order valence-electron chi connectivity index (χ0n) is 12.7. The zero-order valence-corrected chi connectivity index (χ0v) is 12.7. The molecule has 2 aromatic carbocycles. The van der Waals surface area contributed by atoms with Crippen molar-refractivity contribution in [3.63, 3.8) is 0 Å². The van der Waals surface area contributed by atoms with E-state index in [0.29, 0.717) is 35.6 Å². The molecule has 124 valence electrons. The average molecular weight is 332 g/mol. The summed E-state index contributed by atoms with van der Waals surface area (Å²) in [5, 5.41) is 9.23. The van der Waals surface area contributed by atoms with Crippen molar-refractivity contribution in [2.24, 2.45) is 0 Å². The number of ether oxygens (including phenoxy) is 1. The summed E-state index contributed by atoms with van der Waals surface area (Å²) in [6, 6.07) is 10.00. The molecule has 0 saturated carbocycles. The summed E-state index contributed by atoms with van der Waals surface area (Å²) in [7, 11) is 0. The second kappa shape index (κ2) is 6.44. The Labute approximate surface area is 137 Å². The number of hydrogen-bond donors (Lipinski definition) is 1. The fraction of sp³-hybridized carbons (Fsp3) is 0.278. The van der Waals surface area contributed by atoms with Gasteiger partial charge in [-0.25, -0.2) is 8.78 Å². The number of fused-ring (bicyclic) bond motifs is 1. The number of nitrogen functional groups attached to an aromatic ring is 1. The Bertz CT molecular complexity index is 797. The quantitative estimate of drug-likeness (QED) is 0.859. The molecule has 1 aliphatic heterocycles. The predicted molar refractivity (Wildman–Crippen MR) is 84.9 cm³/mol. The highest BCUT2D eigenvalue weighted by atomic mass is 19.3. The summed E-state index contributed by atoms with van der Waals surface area (Å²) < 4.78 is 44.1. The molecule has 24 heavy (non-hydrogen) atoms. The smallest absolute Gasteiger partial charge is 0.247 e.